The van der Waals surface area contributed by atoms with Gasteiger partial charge in [-0.3, -0.25) is 14.5 Å². The molecule has 2 amide bonds. The highest BCUT2D eigenvalue weighted by Crippen LogP contribution is 2.37. The van der Waals surface area contributed by atoms with Crippen LogP contribution in [0.4, 0.5) is 0 Å². The van der Waals surface area contributed by atoms with Crippen molar-refractivity contribution in [2.75, 3.05) is 6.73 Å². The molecule has 0 aromatic heterocycles. The maximum absolute atomic E-state index is 11.7. The molecule has 76 valence electrons. The highest BCUT2D eigenvalue weighted by atomic mass is 16.3. The van der Waals surface area contributed by atoms with Crippen LogP contribution in [0.3, 0.4) is 0 Å². The molecule has 0 saturated carbocycles. The Balaban J connectivity index is 2.32. The molecule has 4 nitrogen and oxygen atoms in total. The van der Waals surface area contributed by atoms with E-state index in [9.17, 15) is 9.59 Å². The number of amides is 2. The minimum Gasteiger partial charge on any atom is -0.376 e. The Morgan fingerprint density at radius 2 is 2.21 bits per heavy atom. The molecule has 1 saturated heterocycles. The Bertz CT molecular complexity index is 310. The average Bonchev–Trinajstić information content (AvgIpc) is 2.41. The van der Waals surface area contributed by atoms with Gasteiger partial charge in [0, 0.05) is 0 Å². The standard InChI is InChI=1S/C10H13NO3/c1-6-3-2-4-7-8(6)10(14)11(5-12)9(7)13/h2-3,6-8,12H,4-5H2,1H3. The second-order valence-electron chi connectivity index (χ2n) is 3.90. The highest BCUT2D eigenvalue weighted by molar-refractivity contribution is 6.05. The summed E-state index contributed by atoms with van der Waals surface area (Å²) in [5.74, 6) is -0.839. The van der Waals surface area contributed by atoms with Crippen molar-refractivity contribution in [3.05, 3.63) is 12.2 Å². The fourth-order valence-electron chi connectivity index (χ4n) is 2.35. The molecular weight excluding hydrogens is 182 g/mol. The van der Waals surface area contributed by atoms with E-state index in [1.807, 2.05) is 19.1 Å². The molecule has 1 heterocycles. The van der Waals surface area contributed by atoms with Gasteiger partial charge in [-0.1, -0.05) is 19.1 Å². The van der Waals surface area contributed by atoms with Gasteiger partial charge in [0.15, 0.2) is 0 Å². The number of hydrogen-bond acceptors (Lipinski definition) is 3. The number of allylic oxidation sites excluding steroid dienone is 2. The first-order valence-electron chi connectivity index (χ1n) is 4.79. The molecule has 4 heteroatoms. The van der Waals surface area contributed by atoms with Gasteiger partial charge >= 0.3 is 0 Å². The van der Waals surface area contributed by atoms with E-state index < -0.39 is 6.73 Å². The highest BCUT2D eigenvalue weighted by Gasteiger charge is 2.49. The summed E-state index contributed by atoms with van der Waals surface area (Å²) in [7, 11) is 0. The molecule has 3 unspecified atom stereocenters. The van der Waals surface area contributed by atoms with Crippen molar-refractivity contribution in [1.82, 2.24) is 4.90 Å². The van der Waals surface area contributed by atoms with Crippen molar-refractivity contribution in [2.24, 2.45) is 17.8 Å². The summed E-state index contributed by atoms with van der Waals surface area (Å²) >= 11 is 0. The molecule has 1 aliphatic heterocycles. The van der Waals surface area contributed by atoms with E-state index >= 15 is 0 Å². The van der Waals surface area contributed by atoms with E-state index in [1.165, 1.54) is 0 Å². The minimum absolute atomic E-state index is 0.0988. The van der Waals surface area contributed by atoms with Gasteiger partial charge in [0.25, 0.3) is 0 Å². The number of hydrogen-bond donors (Lipinski definition) is 1. The van der Waals surface area contributed by atoms with Crippen LogP contribution in [0.15, 0.2) is 12.2 Å². The fraction of sp³-hybridized carbons (Fsp3) is 0.600. The molecule has 14 heavy (non-hydrogen) atoms. The summed E-state index contributed by atoms with van der Waals surface area (Å²) < 4.78 is 0. The van der Waals surface area contributed by atoms with Crippen molar-refractivity contribution < 1.29 is 14.7 Å². The first kappa shape index (κ1) is 9.40. The smallest absolute Gasteiger partial charge is 0.235 e. The first-order chi connectivity index (χ1) is 6.66. The summed E-state index contributed by atoms with van der Waals surface area (Å²) in [6.45, 7) is 1.44. The van der Waals surface area contributed by atoms with Gasteiger partial charge in [0.1, 0.15) is 6.73 Å². The van der Waals surface area contributed by atoms with Crippen LogP contribution in [0.25, 0.3) is 0 Å². The largest absolute Gasteiger partial charge is 0.376 e. The molecule has 2 aliphatic rings. The lowest BCUT2D eigenvalue weighted by molar-refractivity contribution is -0.144. The molecule has 1 fully saturated rings. The van der Waals surface area contributed by atoms with Gasteiger partial charge in [-0.25, -0.2) is 0 Å². The number of fused-ring (bicyclic) bond motifs is 1. The number of carbonyl (C=O) groups is 2. The third-order valence-electron chi connectivity index (χ3n) is 3.11. The Hall–Kier alpha value is -1.16. The number of aliphatic hydroxyl groups is 1. The maximum atomic E-state index is 11.7. The normalized spacial score (nSPS) is 36.4. The zero-order chi connectivity index (χ0) is 10.3. The number of imide groups is 1. The van der Waals surface area contributed by atoms with Crippen molar-refractivity contribution in [3.8, 4) is 0 Å². The number of rotatable bonds is 1. The van der Waals surface area contributed by atoms with Crippen LogP contribution in [0.2, 0.25) is 0 Å². The van der Waals surface area contributed by atoms with Gasteiger partial charge in [-0.05, 0) is 12.3 Å². The second-order valence-corrected chi connectivity index (χ2v) is 3.90. The van der Waals surface area contributed by atoms with Crippen LogP contribution in [-0.2, 0) is 9.59 Å². The van der Waals surface area contributed by atoms with E-state index in [-0.39, 0.29) is 29.6 Å². The predicted molar refractivity (Wildman–Crippen MR) is 48.8 cm³/mol. The van der Waals surface area contributed by atoms with Crippen molar-refractivity contribution in [2.45, 2.75) is 13.3 Å². The molecule has 2 rings (SSSR count). The molecule has 3 atom stereocenters. The summed E-state index contributed by atoms with van der Waals surface area (Å²) in [5.41, 5.74) is 0. The third-order valence-corrected chi connectivity index (χ3v) is 3.11. The summed E-state index contributed by atoms with van der Waals surface area (Å²) in [4.78, 5) is 24.3. The monoisotopic (exact) mass is 195 g/mol. The molecular formula is C10H13NO3. The van der Waals surface area contributed by atoms with Gasteiger partial charge in [-0.15, -0.1) is 0 Å². The lowest BCUT2D eigenvalue weighted by atomic mass is 9.78. The minimum atomic E-state index is -0.489. The van der Waals surface area contributed by atoms with E-state index in [4.69, 9.17) is 5.11 Å². The number of carbonyl (C=O) groups excluding carboxylic acids is 2. The molecule has 0 aromatic rings. The Kier molecular flexibility index (Phi) is 2.15. The fourth-order valence-corrected chi connectivity index (χ4v) is 2.35. The molecule has 1 aliphatic carbocycles. The molecule has 0 spiro atoms. The van der Waals surface area contributed by atoms with E-state index in [2.05, 4.69) is 0 Å². The van der Waals surface area contributed by atoms with Crippen LogP contribution in [0, 0.1) is 17.8 Å². The zero-order valence-corrected chi connectivity index (χ0v) is 8.01. The lowest BCUT2D eigenvalue weighted by Gasteiger charge is -2.22. The van der Waals surface area contributed by atoms with Crippen molar-refractivity contribution >= 4 is 11.8 Å². The van der Waals surface area contributed by atoms with E-state index in [0.29, 0.717) is 6.42 Å². The van der Waals surface area contributed by atoms with E-state index in [1.54, 1.807) is 0 Å². The second kappa shape index (κ2) is 3.20. The number of likely N-dealkylation sites (tertiary alicyclic amines) is 1. The van der Waals surface area contributed by atoms with Crippen LogP contribution in [-0.4, -0.2) is 28.6 Å². The number of nitrogens with zero attached hydrogens (tertiary/aromatic N) is 1. The predicted octanol–water partition coefficient (Wildman–Crippen LogP) is 0.133. The summed E-state index contributed by atoms with van der Waals surface area (Å²) in [6, 6.07) is 0. The van der Waals surface area contributed by atoms with Crippen molar-refractivity contribution in [1.29, 1.82) is 0 Å². The molecule has 1 N–H and O–H groups in total. The van der Waals surface area contributed by atoms with Crippen molar-refractivity contribution in [3.63, 3.8) is 0 Å². The van der Waals surface area contributed by atoms with Gasteiger partial charge in [0.05, 0.1) is 11.8 Å². The van der Waals surface area contributed by atoms with Gasteiger partial charge in [-0.2, -0.15) is 0 Å². The Labute approximate surface area is 82.2 Å². The van der Waals surface area contributed by atoms with Crippen LogP contribution in [0.1, 0.15) is 13.3 Å². The molecule has 0 radical (unpaired) electrons. The quantitative estimate of drug-likeness (QED) is 0.478. The average molecular weight is 195 g/mol. The Morgan fingerprint density at radius 3 is 2.79 bits per heavy atom. The van der Waals surface area contributed by atoms with Crippen LogP contribution >= 0.6 is 0 Å². The summed E-state index contributed by atoms with van der Waals surface area (Å²) in [5, 5.41) is 8.90. The first-order valence-corrected chi connectivity index (χ1v) is 4.79. The molecule has 0 aromatic carbocycles. The molecule has 0 bridgehead atoms. The van der Waals surface area contributed by atoms with Gasteiger partial charge in [0.2, 0.25) is 11.8 Å². The number of aliphatic hydroxyl groups excluding tert-OH is 1. The Morgan fingerprint density at radius 1 is 1.50 bits per heavy atom. The van der Waals surface area contributed by atoms with E-state index in [0.717, 1.165) is 4.90 Å². The van der Waals surface area contributed by atoms with Gasteiger partial charge < -0.3 is 5.11 Å². The third kappa shape index (κ3) is 1.10. The van der Waals surface area contributed by atoms with Crippen LogP contribution in [0.5, 0.6) is 0 Å². The zero-order valence-electron chi connectivity index (χ0n) is 8.01. The van der Waals surface area contributed by atoms with Crippen LogP contribution < -0.4 is 0 Å². The lowest BCUT2D eigenvalue weighted by Crippen LogP contribution is -2.32. The topological polar surface area (TPSA) is 57.6 Å². The SMILES string of the molecule is CC1C=CCC2C(=O)N(CO)C(=O)C12. The maximum Gasteiger partial charge on any atom is 0.235 e. The summed E-state index contributed by atoms with van der Waals surface area (Å²) in [6.07, 6.45) is 4.53.